The van der Waals surface area contributed by atoms with Crippen LogP contribution in [0, 0.1) is 5.92 Å². The molecule has 0 amide bonds. The van der Waals surface area contributed by atoms with Crippen molar-refractivity contribution in [2.75, 3.05) is 0 Å². The minimum Gasteiger partial charge on any atom is -0.0732 e. The molecule has 0 aromatic heterocycles. The third-order valence-electron chi connectivity index (χ3n) is 2.38. The monoisotopic (exact) mass is 194 g/mol. The molecule has 0 fully saturated rings. The average Bonchev–Trinajstić information content (AvgIpc) is 2.65. The highest BCUT2D eigenvalue weighted by atomic mass is 14.1. The van der Waals surface area contributed by atoms with E-state index in [4.69, 9.17) is 0 Å². The summed E-state index contributed by atoms with van der Waals surface area (Å²) in [6.07, 6.45) is 27.2. The van der Waals surface area contributed by atoms with Gasteiger partial charge in [0.05, 0.1) is 0 Å². The van der Waals surface area contributed by atoms with Crippen LogP contribution in [-0.4, -0.2) is 0 Å². The Morgan fingerprint density at radius 3 is 2.00 bits per heavy atom. The Bertz CT molecular complexity index is 409. The molecule has 0 aromatic rings. The number of allylic oxidation sites excluding steroid dienone is 14. The van der Waals surface area contributed by atoms with Gasteiger partial charge in [-0.2, -0.15) is 0 Å². The van der Waals surface area contributed by atoms with E-state index >= 15 is 0 Å². The fourth-order valence-electron chi connectivity index (χ4n) is 1.59. The molecule has 0 aromatic carbocycles. The van der Waals surface area contributed by atoms with Gasteiger partial charge in [-0.15, -0.1) is 0 Å². The highest BCUT2D eigenvalue weighted by molar-refractivity contribution is 5.40. The van der Waals surface area contributed by atoms with Crippen LogP contribution in [0.1, 0.15) is 0 Å². The van der Waals surface area contributed by atoms with Crippen molar-refractivity contribution < 1.29 is 0 Å². The Labute approximate surface area is 91.0 Å². The van der Waals surface area contributed by atoms with Crippen LogP contribution in [0.3, 0.4) is 0 Å². The third-order valence-corrected chi connectivity index (χ3v) is 2.38. The summed E-state index contributed by atoms with van der Waals surface area (Å²) in [5.41, 5.74) is 1.34. The molecular weight excluding hydrogens is 180 g/mol. The zero-order valence-corrected chi connectivity index (χ0v) is 8.58. The van der Waals surface area contributed by atoms with E-state index in [0.717, 1.165) is 0 Å². The van der Waals surface area contributed by atoms with Crippen molar-refractivity contribution in [1.29, 1.82) is 0 Å². The van der Waals surface area contributed by atoms with Crippen molar-refractivity contribution >= 4 is 0 Å². The summed E-state index contributed by atoms with van der Waals surface area (Å²) in [4.78, 5) is 0. The van der Waals surface area contributed by atoms with Crippen LogP contribution in [0.25, 0.3) is 0 Å². The lowest BCUT2D eigenvalue weighted by molar-refractivity contribution is 1.03. The van der Waals surface area contributed by atoms with Crippen LogP contribution < -0.4 is 0 Å². The van der Waals surface area contributed by atoms with Crippen molar-refractivity contribution in [3.8, 4) is 0 Å². The maximum atomic E-state index is 2.20. The molecule has 0 nitrogen and oxygen atoms in total. The summed E-state index contributed by atoms with van der Waals surface area (Å²) in [7, 11) is 0. The fourth-order valence-corrected chi connectivity index (χ4v) is 1.59. The Morgan fingerprint density at radius 1 is 0.600 bits per heavy atom. The molecule has 0 spiro atoms. The van der Waals surface area contributed by atoms with E-state index in [1.165, 1.54) is 5.57 Å². The second-order valence-corrected chi connectivity index (χ2v) is 3.48. The quantitative estimate of drug-likeness (QED) is 0.548. The molecule has 1 atom stereocenters. The predicted octanol–water partition coefficient (Wildman–Crippen LogP) is 3.89. The first-order valence-electron chi connectivity index (χ1n) is 5.20. The number of fused-ring (bicyclic) bond motifs is 1. The Morgan fingerprint density at radius 2 is 1.20 bits per heavy atom. The second-order valence-electron chi connectivity index (χ2n) is 3.48. The Kier molecular flexibility index (Phi) is 3.34. The minimum atomic E-state index is 0.433. The van der Waals surface area contributed by atoms with E-state index in [1.54, 1.807) is 0 Å². The smallest absolute Gasteiger partial charge is 0.0204 e. The minimum absolute atomic E-state index is 0.433. The van der Waals surface area contributed by atoms with E-state index in [2.05, 4.69) is 48.6 Å². The standard InChI is InChI=1S/C15H14/c1-2-4-6-8-11-15-13-9-12-14(15)10-7-5-3-1/h1-14H/b2-1+,5-3-,6-4-,10-7+,11-8+. The largest absolute Gasteiger partial charge is 0.0732 e. The van der Waals surface area contributed by atoms with E-state index in [-0.39, 0.29) is 0 Å². The van der Waals surface area contributed by atoms with Gasteiger partial charge in [0, 0.05) is 5.92 Å². The van der Waals surface area contributed by atoms with Gasteiger partial charge in [0.15, 0.2) is 0 Å². The summed E-state index contributed by atoms with van der Waals surface area (Å²) >= 11 is 0. The van der Waals surface area contributed by atoms with Crippen molar-refractivity contribution in [3.63, 3.8) is 0 Å². The second kappa shape index (κ2) is 5.16. The van der Waals surface area contributed by atoms with Gasteiger partial charge in [0.1, 0.15) is 0 Å². The first-order valence-corrected chi connectivity index (χ1v) is 5.20. The molecule has 74 valence electrons. The molecule has 2 aliphatic rings. The summed E-state index contributed by atoms with van der Waals surface area (Å²) in [5.74, 6) is 0.433. The van der Waals surface area contributed by atoms with Gasteiger partial charge in [-0.05, 0) is 5.57 Å². The topological polar surface area (TPSA) is 0 Å². The Hall–Kier alpha value is -1.82. The SMILES string of the molecule is C1=CC2/C=C/C=C\C=C\C=C/C=C/C2=C1. The summed E-state index contributed by atoms with van der Waals surface area (Å²) in [6.45, 7) is 0. The van der Waals surface area contributed by atoms with Crippen molar-refractivity contribution in [2.45, 2.75) is 0 Å². The maximum absolute atomic E-state index is 2.20. The van der Waals surface area contributed by atoms with Crippen molar-refractivity contribution in [1.82, 2.24) is 0 Å². The van der Waals surface area contributed by atoms with Gasteiger partial charge in [-0.3, -0.25) is 0 Å². The molecule has 2 rings (SSSR count). The van der Waals surface area contributed by atoms with Crippen LogP contribution in [0.4, 0.5) is 0 Å². The van der Waals surface area contributed by atoms with Gasteiger partial charge in [-0.1, -0.05) is 79.0 Å². The van der Waals surface area contributed by atoms with Gasteiger partial charge >= 0.3 is 0 Å². The summed E-state index contributed by atoms with van der Waals surface area (Å²) in [6, 6.07) is 0. The molecule has 0 saturated carbocycles. The van der Waals surface area contributed by atoms with Crippen LogP contribution >= 0.6 is 0 Å². The van der Waals surface area contributed by atoms with Crippen molar-refractivity contribution in [2.24, 2.45) is 5.92 Å². The predicted molar refractivity (Wildman–Crippen MR) is 66.4 cm³/mol. The van der Waals surface area contributed by atoms with Gasteiger partial charge in [0.25, 0.3) is 0 Å². The zero-order chi connectivity index (χ0) is 10.3. The molecule has 0 radical (unpaired) electrons. The molecule has 0 bridgehead atoms. The van der Waals surface area contributed by atoms with E-state index in [9.17, 15) is 0 Å². The van der Waals surface area contributed by atoms with Crippen LogP contribution in [0.15, 0.2) is 84.6 Å². The summed E-state index contributed by atoms with van der Waals surface area (Å²) in [5, 5.41) is 0. The molecule has 1 unspecified atom stereocenters. The summed E-state index contributed by atoms with van der Waals surface area (Å²) < 4.78 is 0. The van der Waals surface area contributed by atoms with E-state index < -0.39 is 0 Å². The third kappa shape index (κ3) is 2.81. The van der Waals surface area contributed by atoms with Crippen LogP contribution in [0.5, 0.6) is 0 Å². The lowest BCUT2D eigenvalue weighted by Crippen LogP contribution is -1.89. The molecule has 0 aliphatic heterocycles. The normalized spacial score (nSPS) is 34.1. The highest BCUT2D eigenvalue weighted by Crippen LogP contribution is 2.21. The Balaban J connectivity index is 2.23. The zero-order valence-electron chi connectivity index (χ0n) is 8.58. The molecule has 0 saturated heterocycles. The van der Waals surface area contributed by atoms with Crippen LogP contribution in [0.2, 0.25) is 0 Å². The van der Waals surface area contributed by atoms with Crippen LogP contribution in [-0.2, 0) is 0 Å². The molecule has 2 aliphatic carbocycles. The van der Waals surface area contributed by atoms with Gasteiger partial charge in [-0.25, -0.2) is 0 Å². The lowest BCUT2D eigenvalue weighted by Gasteiger charge is -2.03. The highest BCUT2D eigenvalue weighted by Gasteiger charge is 2.07. The first-order chi connectivity index (χ1) is 7.47. The van der Waals surface area contributed by atoms with E-state index in [0.29, 0.717) is 5.92 Å². The van der Waals surface area contributed by atoms with Crippen molar-refractivity contribution in [3.05, 3.63) is 84.6 Å². The number of hydrogen-bond donors (Lipinski definition) is 0. The first kappa shape index (κ1) is 9.72. The fraction of sp³-hybridized carbons (Fsp3) is 0.0667. The molecular formula is C15H14. The molecule has 0 heterocycles. The molecule has 0 heteroatoms. The van der Waals surface area contributed by atoms with Gasteiger partial charge in [0.2, 0.25) is 0 Å². The molecule has 15 heavy (non-hydrogen) atoms. The van der Waals surface area contributed by atoms with Gasteiger partial charge < -0.3 is 0 Å². The maximum Gasteiger partial charge on any atom is 0.0204 e. The number of hydrogen-bond acceptors (Lipinski definition) is 0. The lowest BCUT2D eigenvalue weighted by atomic mass is 10.0. The number of rotatable bonds is 0. The van der Waals surface area contributed by atoms with E-state index in [1.807, 2.05) is 30.4 Å². The average molecular weight is 194 g/mol. The molecule has 0 N–H and O–H groups in total.